The van der Waals surface area contributed by atoms with Crippen LogP contribution < -0.4 is 11.4 Å². The summed E-state index contributed by atoms with van der Waals surface area (Å²) >= 11 is 5.83. The van der Waals surface area contributed by atoms with E-state index in [1.807, 2.05) is 0 Å². The van der Waals surface area contributed by atoms with E-state index in [9.17, 15) is 23.2 Å². The lowest BCUT2D eigenvalue weighted by molar-refractivity contribution is -0.0616. The zero-order valence-corrected chi connectivity index (χ0v) is 16.8. The molecule has 1 fully saturated rings. The lowest BCUT2D eigenvalue weighted by atomic mass is 9.98. The number of aromatic nitrogens is 2. The molecule has 0 amide bonds. The number of alkyl halides is 2. The topological polar surface area (TPSA) is 126 Å². The molecule has 2 rings (SSSR count). The second kappa shape index (κ2) is 8.98. The highest BCUT2D eigenvalue weighted by atomic mass is 35.5. The number of hydrogen-bond donors (Lipinski definition) is 2. The minimum atomic E-state index is -4.35. The highest BCUT2D eigenvalue weighted by molar-refractivity contribution is 7.58. The number of nitrogens with zero attached hydrogens (tertiary/aromatic N) is 2. The van der Waals surface area contributed by atoms with E-state index < -0.39 is 48.8 Å². The standard InChI is InChI=1S/C15H21ClF2N3O6P/c1-3-25-28(24,26-4-2)9(17)7-15(8-16)12(22)11(18)13(27-15)21-6-5-10(19)20-14(21)23/h5-7,11-13,22H,3-4,8H2,1-2H3,(H2,19,20,23). The number of halogens is 3. The molecule has 0 aromatic carbocycles. The van der Waals surface area contributed by atoms with E-state index in [4.69, 9.17) is 31.1 Å². The SMILES string of the molecule is CCOP(=O)(OCC)C(F)=CC1(CCl)OC(n2ccc(N)nc2=O)C(F)C1O. The Morgan fingerprint density at radius 1 is 1.54 bits per heavy atom. The number of rotatable bonds is 8. The van der Waals surface area contributed by atoms with Crippen molar-refractivity contribution in [2.24, 2.45) is 0 Å². The van der Waals surface area contributed by atoms with E-state index in [0.717, 1.165) is 10.8 Å². The Morgan fingerprint density at radius 2 is 2.14 bits per heavy atom. The van der Waals surface area contributed by atoms with Crippen LogP contribution in [0.25, 0.3) is 0 Å². The van der Waals surface area contributed by atoms with E-state index >= 15 is 0 Å². The van der Waals surface area contributed by atoms with Crippen LogP contribution in [0.5, 0.6) is 0 Å². The van der Waals surface area contributed by atoms with Crippen molar-refractivity contribution in [1.29, 1.82) is 0 Å². The van der Waals surface area contributed by atoms with Gasteiger partial charge < -0.3 is 24.6 Å². The molecule has 1 aliphatic heterocycles. The second-order valence-corrected chi connectivity index (χ2v) is 8.03. The number of hydrogen-bond acceptors (Lipinski definition) is 8. The smallest absolute Gasteiger partial charge is 0.386 e. The van der Waals surface area contributed by atoms with Crippen LogP contribution in [-0.4, -0.2) is 51.6 Å². The monoisotopic (exact) mass is 443 g/mol. The van der Waals surface area contributed by atoms with Crippen LogP contribution in [0.2, 0.25) is 0 Å². The molecule has 13 heteroatoms. The molecule has 4 unspecified atom stereocenters. The van der Waals surface area contributed by atoms with E-state index in [2.05, 4.69) is 4.98 Å². The Labute approximate surface area is 164 Å². The zero-order valence-electron chi connectivity index (χ0n) is 15.1. The van der Waals surface area contributed by atoms with Gasteiger partial charge in [0.25, 0.3) is 0 Å². The fraction of sp³-hybridized carbons (Fsp3) is 0.600. The molecule has 158 valence electrons. The maximum atomic E-state index is 14.7. The van der Waals surface area contributed by atoms with Crippen LogP contribution in [0.3, 0.4) is 0 Å². The summed E-state index contributed by atoms with van der Waals surface area (Å²) in [5, 5.41) is 10.3. The van der Waals surface area contributed by atoms with Gasteiger partial charge in [0.1, 0.15) is 17.5 Å². The summed E-state index contributed by atoms with van der Waals surface area (Å²) in [6.45, 7) is 2.70. The Hall–Kier alpha value is -1.36. The Kier molecular flexibility index (Phi) is 7.35. The number of anilines is 1. The van der Waals surface area contributed by atoms with Crippen LogP contribution in [0, 0.1) is 0 Å². The molecule has 2 heterocycles. The maximum Gasteiger partial charge on any atom is 0.389 e. The Morgan fingerprint density at radius 3 is 2.64 bits per heavy atom. The summed E-state index contributed by atoms with van der Waals surface area (Å²) in [5.41, 5.74) is 0.915. The molecule has 0 saturated carbocycles. The molecule has 0 bridgehead atoms. The first kappa shape index (κ1) is 22.9. The zero-order chi connectivity index (χ0) is 21.1. The summed E-state index contributed by atoms with van der Waals surface area (Å²) in [6, 6.07) is 1.22. The number of aliphatic hydroxyl groups excluding tert-OH is 1. The number of aliphatic hydroxyl groups is 1. The molecule has 0 aliphatic carbocycles. The molecule has 4 atom stereocenters. The lowest BCUT2D eigenvalue weighted by Crippen LogP contribution is -2.42. The molecular formula is C15H21ClF2N3O6P. The molecule has 9 nitrogen and oxygen atoms in total. The lowest BCUT2D eigenvalue weighted by Gasteiger charge is -2.27. The van der Waals surface area contributed by atoms with Crippen molar-refractivity contribution >= 4 is 25.0 Å². The van der Waals surface area contributed by atoms with E-state index in [1.54, 1.807) is 0 Å². The first-order valence-electron chi connectivity index (χ1n) is 8.32. The van der Waals surface area contributed by atoms with Gasteiger partial charge in [0.05, 0.1) is 19.1 Å². The van der Waals surface area contributed by atoms with Crippen molar-refractivity contribution in [2.45, 2.75) is 38.0 Å². The van der Waals surface area contributed by atoms with Gasteiger partial charge in [-0.05, 0) is 26.0 Å². The van der Waals surface area contributed by atoms with Gasteiger partial charge in [0.15, 0.2) is 12.4 Å². The average molecular weight is 444 g/mol. The summed E-state index contributed by atoms with van der Waals surface area (Å²) in [7, 11) is -4.35. The summed E-state index contributed by atoms with van der Waals surface area (Å²) in [5.74, 6) is -0.715. The quantitative estimate of drug-likeness (QED) is 0.462. The molecule has 1 aromatic rings. The van der Waals surface area contributed by atoms with Gasteiger partial charge in [0, 0.05) is 6.20 Å². The van der Waals surface area contributed by atoms with Crippen LogP contribution in [-0.2, 0) is 18.3 Å². The minimum absolute atomic E-state index is 0.0980. The molecule has 0 radical (unpaired) electrons. The summed E-state index contributed by atoms with van der Waals surface area (Å²) in [6.07, 6.45) is -4.15. The van der Waals surface area contributed by atoms with Crippen LogP contribution in [0.4, 0.5) is 14.6 Å². The third kappa shape index (κ3) is 4.29. The highest BCUT2D eigenvalue weighted by Crippen LogP contribution is 2.58. The summed E-state index contributed by atoms with van der Waals surface area (Å²) < 4.78 is 58.0. The Balaban J connectivity index is 2.46. The van der Waals surface area contributed by atoms with Crippen molar-refractivity contribution in [3.8, 4) is 0 Å². The fourth-order valence-electron chi connectivity index (χ4n) is 2.66. The van der Waals surface area contributed by atoms with Gasteiger partial charge in [0.2, 0.25) is 5.57 Å². The van der Waals surface area contributed by atoms with Gasteiger partial charge in [-0.2, -0.15) is 9.37 Å². The average Bonchev–Trinajstić information content (AvgIpc) is 2.88. The van der Waals surface area contributed by atoms with Gasteiger partial charge in [-0.15, -0.1) is 11.6 Å². The minimum Gasteiger partial charge on any atom is -0.386 e. The first-order chi connectivity index (χ1) is 13.1. The maximum absolute atomic E-state index is 14.7. The highest BCUT2D eigenvalue weighted by Gasteiger charge is 2.56. The van der Waals surface area contributed by atoms with Crippen LogP contribution in [0.15, 0.2) is 28.7 Å². The largest absolute Gasteiger partial charge is 0.389 e. The molecule has 0 spiro atoms. The molecule has 1 aliphatic rings. The van der Waals surface area contributed by atoms with Crippen molar-refractivity contribution in [2.75, 3.05) is 24.8 Å². The van der Waals surface area contributed by atoms with Crippen molar-refractivity contribution in [1.82, 2.24) is 9.55 Å². The molecule has 3 N–H and O–H groups in total. The third-order valence-electron chi connectivity index (χ3n) is 3.97. The van der Waals surface area contributed by atoms with Gasteiger partial charge in [-0.1, -0.05) is 0 Å². The van der Waals surface area contributed by atoms with Gasteiger partial charge >= 0.3 is 13.3 Å². The number of nitrogen functional groups attached to an aromatic ring is 1. The van der Waals surface area contributed by atoms with Crippen molar-refractivity contribution in [3.05, 3.63) is 34.4 Å². The normalized spacial score (nSPS) is 28.6. The second-order valence-electron chi connectivity index (χ2n) is 5.83. The Bertz CT molecular complexity index is 830. The van der Waals surface area contributed by atoms with Crippen molar-refractivity contribution in [3.63, 3.8) is 0 Å². The van der Waals surface area contributed by atoms with E-state index in [1.165, 1.54) is 19.9 Å². The number of ether oxygens (including phenoxy) is 1. The van der Waals surface area contributed by atoms with Gasteiger partial charge in [-0.25, -0.2) is 9.18 Å². The van der Waals surface area contributed by atoms with E-state index in [-0.39, 0.29) is 19.0 Å². The summed E-state index contributed by atoms with van der Waals surface area (Å²) in [4.78, 5) is 15.4. The number of nitrogens with two attached hydrogens (primary N) is 1. The molecular weight excluding hydrogens is 423 g/mol. The molecule has 28 heavy (non-hydrogen) atoms. The van der Waals surface area contributed by atoms with Crippen molar-refractivity contribution < 1.29 is 32.2 Å². The van der Waals surface area contributed by atoms with Gasteiger partial charge in [-0.3, -0.25) is 9.13 Å². The van der Waals surface area contributed by atoms with Crippen LogP contribution >= 0.6 is 19.2 Å². The predicted molar refractivity (Wildman–Crippen MR) is 97.4 cm³/mol. The molecule has 1 saturated heterocycles. The molecule has 1 aromatic heterocycles. The predicted octanol–water partition coefficient (Wildman–Crippen LogP) is 2.11. The first-order valence-corrected chi connectivity index (χ1v) is 10.4. The van der Waals surface area contributed by atoms with E-state index in [0.29, 0.717) is 6.08 Å². The third-order valence-corrected chi connectivity index (χ3v) is 6.24. The van der Waals surface area contributed by atoms with Crippen LogP contribution in [0.1, 0.15) is 20.1 Å². The fourth-order valence-corrected chi connectivity index (χ4v) is 4.34.